The van der Waals surface area contributed by atoms with E-state index in [0.717, 1.165) is 0 Å². The Labute approximate surface area is 102 Å². The van der Waals surface area contributed by atoms with Crippen molar-refractivity contribution < 1.29 is 14.7 Å². The molecule has 2 unspecified atom stereocenters. The van der Waals surface area contributed by atoms with Crippen molar-refractivity contribution in [2.45, 2.75) is 12.5 Å². The summed E-state index contributed by atoms with van der Waals surface area (Å²) in [5.74, 6) is -1.85. The molecule has 1 amide bonds. The first-order chi connectivity index (χ1) is 8.56. The Morgan fingerprint density at radius 2 is 2.17 bits per heavy atom. The Bertz CT molecular complexity index is 561. The van der Waals surface area contributed by atoms with Gasteiger partial charge < -0.3 is 15.4 Å². The predicted octanol–water partition coefficient (Wildman–Crippen LogP) is 0.134. The molecule has 0 fully saturated rings. The first-order valence-corrected chi connectivity index (χ1v) is 5.47. The van der Waals surface area contributed by atoms with Crippen molar-refractivity contribution in [2.24, 2.45) is 5.92 Å². The number of H-pyrrole nitrogens is 1. The molecule has 18 heavy (non-hydrogen) atoms. The summed E-state index contributed by atoms with van der Waals surface area (Å²) in [4.78, 5) is 36.0. The first-order valence-electron chi connectivity index (χ1n) is 5.47. The second kappa shape index (κ2) is 4.87. The molecule has 0 saturated carbocycles. The van der Waals surface area contributed by atoms with Gasteiger partial charge in [0.1, 0.15) is 0 Å². The Morgan fingerprint density at radius 1 is 1.39 bits per heavy atom. The van der Waals surface area contributed by atoms with E-state index in [1.54, 1.807) is 12.2 Å². The van der Waals surface area contributed by atoms with Crippen LogP contribution in [0.25, 0.3) is 0 Å². The molecule has 0 spiro atoms. The minimum atomic E-state index is -0.904. The molecule has 3 N–H and O–H groups in total. The summed E-state index contributed by atoms with van der Waals surface area (Å²) < 4.78 is 0. The van der Waals surface area contributed by atoms with Crippen LogP contribution < -0.4 is 10.9 Å². The monoisotopic (exact) mass is 248 g/mol. The number of carboxylic acids is 1. The van der Waals surface area contributed by atoms with E-state index in [4.69, 9.17) is 5.11 Å². The number of hydrogen-bond donors (Lipinski definition) is 3. The zero-order valence-corrected chi connectivity index (χ0v) is 9.42. The van der Waals surface area contributed by atoms with Crippen LogP contribution in [0.2, 0.25) is 0 Å². The molecule has 1 aromatic heterocycles. The minimum absolute atomic E-state index is 0.255. The molecule has 0 radical (unpaired) electrons. The fraction of sp³-hybridized carbons (Fsp3) is 0.250. The summed E-state index contributed by atoms with van der Waals surface area (Å²) in [6, 6.07) is 2.38. The van der Waals surface area contributed by atoms with Gasteiger partial charge in [0, 0.05) is 23.9 Å². The normalized spacial score (nSPS) is 21.8. The van der Waals surface area contributed by atoms with Crippen molar-refractivity contribution in [2.75, 3.05) is 0 Å². The van der Waals surface area contributed by atoms with Gasteiger partial charge >= 0.3 is 5.97 Å². The zero-order valence-electron chi connectivity index (χ0n) is 9.42. The number of amides is 1. The number of hydrogen-bond acceptors (Lipinski definition) is 3. The van der Waals surface area contributed by atoms with Gasteiger partial charge in [0.2, 0.25) is 5.56 Å². The molecular formula is C12H12N2O4. The highest BCUT2D eigenvalue weighted by Gasteiger charge is 2.25. The third-order valence-electron chi connectivity index (χ3n) is 2.75. The SMILES string of the molecule is O=C(NC1C=CC(C(=O)O)C1)c1cc[nH]c(=O)c1. The highest BCUT2D eigenvalue weighted by molar-refractivity contribution is 5.94. The number of nitrogens with one attached hydrogen (secondary N) is 2. The van der Waals surface area contributed by atoms with Gasteiger partial charge in [0.15, 0.2) is 0 Å². The number of aromatic amines is 1. The Balaban J connectivity index is 2.00. The number of carboxylic acid groups (broad SMARTS) is 1. The van der Waals surface area contributed by atoms with Crippen LogP contribution in [0.15, 0.2) is 35.3 Å². The van der Waals surface area contributed by atoms with Gasteiger partial charge in [-0.1, -0.05) is 12.2 Å². The lowest BCUT2D eigenvalue weighted by Crippen LogP contribution is -2.33. The van der Waals surface area contributed by atoms with Crippen molar-refractivity contribution in [1.82, 2.24) is 10.3 Å². The fourth-order valence-electron chi connectivity index (χ4n) is 1.83. The molecule has 94 valence electrons. The van der Waals surface area contributed by atoms with E-state index in [2.05, 4.69) is 10.3 Å². The predicted molar refractivity (Wildman–Crippen MR) is 63.2 cm³/mol. The maximum atomic E-state index is 11.8. The standard InChI is InChI=1S/C12H12N2O4/c15-10-6-7(3-4-13-10)11(16)14-9-2-1-8(5-9)12(17)18/h1-4,6,8-9H,5H2,(H,13,15)(H,14,16)(H,17,18). The summed E-state index contributed by atoms with van der Waals surface area (Å²) >= 11 is 0. The van der Waals surface area contributed by atoms with E-state index >= 15 is 0 Å². The average molecular weight is 248 g/mol. The molecule has 6 heteroatoms. The number of aromatic nitrogens is 1. The Morgan fingerprint density at radius 3 is 2.78 bits per heavy atom. The van der Waals surface area contributed by atoms with E-state index in [1.165, 1.54) is 18.3 Å². The minimum Gasteiger partial charge on any atom is -0.481 e. The number of aliphatic carboxylic acids is 1. The van der Waals surface area contributed by atoms with Gasteiger partial charge in [-0.2, -0.15) is 0 Å². The van der Waals surface area contributed by atoms with Crippen LogP contribution in [0.4, 0.5) is 0 Å². The van der Waals surface area contributed by atoms with E-state index < -0.39 is 11.9 Å². The molecule has 6 nitrogen and oxygen atoms in total. The number of rotatable bonds is 3. The lowest BCUT2D eigenvalue weighted by Gasteiger charge is -2.11. The number of carbonyl (C=O) groups is 2. The molecule has 1 aliphatic rings. The summed E-state index contributed by atoms with van der Waals surface area (Å²) in [5.41, 5.74) is -0.0982. The van der Waals surface area contributed by atoms with Gasteiger partial charge in [-0.05, 0) is 12.5 Å². The average Bonchev–Trinajstić information content (AvgIpc) is 2.77. The molecular weight excluding hydrogens is 236 g/mol. The topological polar surface area (TPSA) is 99.3 Å². The third-order valence-corrected chi connectivity index (χ3v) is 2.75. The van der Waals surface area contributed by atoms with Gasteiger partial charge in [0.05, 0.1) is 5.92 Å². The molecule has 2 rings (SSSR count). The fourth-order valence-corrected chi connectivity index (χ4v) is 1.83. The van der Waals surface area contributed by atoms with E-state index in [-0.39, 0.29) is 23.1 Å². The Hall–Kier alpha value is -2.37. The van der Waals surface area contributed by atoms with Crippen LogP contribution in [0.3, 0.4) is 0 Å². The van der Waals surface area contributed by atoms with Gasteiger partial charge in [-0.3, -0.25) is 14.4 Å². The summed E-state index contributed by atoms with van der Waals surface area (Å²) in [6.45, 7) is 0. The lowest BCUT2D eigenvalue weighted by atomic mass is 10.1. The van der Waals surface area contributed by atoms with Crippen molar-refractivity contribution in [3.8, 4) is 0 Å². The van der Waals surface area contributed by atoms with E-state index in [1.807, 2.05) is 0 Å². The molecule has 2 atom stereocenters. The van der Waals surface area contributed by atoms with Crippen molar-refractivity contribution >= 4 is 11.9 Å². The molecule has 1 heterocycles. The summed E-state index contributed by atoms with van der Waals surface area (Å²) in [5, 5.41) is 11.5. The molecule has 0 aromatic carbocycles. The molecule has 0 aliphatic heterocycles. The third kappa shape index (κ3) is 2.65. The smallest absolute Gasteiger partial charge is 0.310 e. The van der Waals surface area contributed by atoms with Crippen molar-refractivity contribution in [1.29, 1.82) is 0 Å². The number of carbonyl (C=O) groups excluding carboxylic acids is 1. The second-order valence-corrected chi connectivity index (χ2v) is 4.09. The van der Waals surface area contributed by atoms with E-state index in [0.29, 0.717) is 6.42 Å². The van der Waals surface area contributed by atoms with Crippen LogP contribution in [0.5, 0.6) is 0 Å². The Kier molecular flexibility index (Phi) is 3.27. The van der Waals surface area contributed by atoms with E-state index in [9.17, 15) is 14.4 Å². The molecule has 1 aromatic rings. The summed E-state index contributed by atoms with van der Waals surface area (Å²) in [7, 11) is 0. The van der Waals surface area contributed by atoms with Crippen LogP contribution in [0.1, 0.15) is 16.8 Å². The molecule has 0 bridgehead atoms. The van der Waals surface area contributed by atoms with Gasteiger partial charge in [-0.15, -0.1) is 0 Å². The quantitative estimate of drug-likeness (QED) is 0.662. The van der Waals surface area contributed by atoms with Crippen molar-refractivity contribution in [3.63, 3.8) is 0 Å². The molecule has 0 saturated heterocycles. The summed E-state index contributed by atoms with van der Waals surface area (Å²) in [6.07, 6.45) is 4.95. The maximum Gasteiger partial charge on any atom is 0.310 e. The number of pyridine rings is 1. The van der Waals surface area contributed by atoms with Gasteiger partial charge in [-0.25, -0.2) is 0 Å². The van der Waals surface area contributed by atoms with Crippen LogP contribution in [-0.4, -0.2) is 28.0 Å². The zero-order chi connectivity index (χ0) is 13.1. The first kappa shape index (κ1) is 12.1. The second-order valence-electron chi connectivity index (χ2n) is 4.09. The highest BCUT2D eigenvalue weighted by Crippen LogP contribution is 2.18. The van der Waals surface area contributed by atoms with Crippen molar-refractivity contribution in [3.05, 3.63) is 46.4 Å². The van der Waals surface area contributed by atoms with Crippen LogP contribution in [0, 0.1) is 5.92 Å². The maximum absolute atomic E-state index is 11.8. The molecule has 1 aliphatic carbocycles. The van der Waals surface area contributed by atoms with Crippen LogP contribution >= 0.6 is 0 Å². The highest BCUT2D eigenvalue weighted by atomic mass is 16.4. The van der Waals surface area contributed by atoms with Crippen LogP contribution in [-0.2, 0) is 4.79 Å². The van der Waals surface area contributed by atoms with Gasteiger partial charge in [0.25, 0.3) is 5.91 Å². The largest absolute Gasteiger partial charge is 0.481 e. The lowest BCUT2D eigenvalue weighted by molar-refractivity contribution is -0.140.